The fraction of sp³-hybridized carbons (Fsp3) is 0.350. The molecule has 3 N–H and O–H groups in total. The minimum absolute atomic E-state index is 0.140. The molecule has 2 aromatic rings. The smallest absolute Gasteiger partial charge is 0.456 e. The first-order valence-electron chi connectivity index (χ1n) is 8.89. The zero-order valence-corrected chi connectivity index (χ0v) is 16.6. The van der Waals surface area contributed by atoms with E-state index in [0.717, 1.165) is 0 Å². The lowest BCUT2D eigenvalue weighted by Gasteiger charge is -2.21. The molecule has 170 valence electrons. The van der Waals surface area contributed by atoms with Crippen LogP contribution in [-0.4, -0.2) is 41.9 Å². The zero-order chi connectivity index (χ0) is 23.4. The number of aliphatic hydroxyl groups excluding tert-OH is 1. The summed E-state index contributed by atoms with van der Waals surface area (Å²) in [5, 5.41) is 10.0. The first-order valence-corrected chi connectivity index (χ1v) is 9.27. The van der Waals surface area contributed by atoms with Crippen molar-refractivity contribution in [1.29, 1.82) is 0 Å². The lowest BCUT2D eigenvalue weighted by Crippen LogP contribution is -2.43. The van der Waals surface area contributed by atoms with Gasteiger partial charge in [-0.15, -0.1) is 0 Å². The molecule has 2 aromatic carbocycles. The Labute approximate surface area is 178 Å². The molecule has 0 aliphatic carbocycles. The Morgan fingerprint density at radius 2 is 1.71 bits per heavy atom. The molecule has 0 saturated carbocycles. The summed E-state index contributed by atoms with van der Waals surface area (Å²) in [6.07, 6.45) is -8.14. The van der Waals surface area contributed by atoms with Gasteiger partial charge in [0.15, 0.2) is 12.7 Å². The van der Waals surface area contributed by atoms with Gasteiger partial charge < -0.3 is 15.6 Å². The summed E-state index contributed by atoms with van der Waals surface area (Å²) >= 11 is 5.87. The number of esters is 1. The number of rotatable bonds is 8. The monoisotopic (exact) mass is 469 g/mol. The Morgan fingerprint density at radius 1 is 1.10 bits per heavy atom. The van der Waals surface area contributed by atoms with E-state index in [1.54, 1.807) is 24.3 Å². The van der Waals surface area contributed by atoms with E-state index >= 15 is 0 Å². The molecular formula is C20H18ClF6NO3. The number of carbonyl (C=O) groups is 1. The highest BCUT2D eigenvalue weighted by Gasteiger charge is 2.58. The van der Waals surface area contributed by atoms with E-state index in [9.17, 15) is 36.2 Å². The van der Waals surface area contributed by atoms with Crippen molar-refractivity contribution >= 4 is 17.6 Å². The molecule has 0 heterocycles. The van der Waals surface area contributed by atoms with Crippen LogP contribution < -0.4 is 5.73 Å². The van der Waals surface area contributed by atoms with Crippen LogP contribution in [0.25, 0.3) is 11.1 Å². The molecule has 0 saturated heterocycles. The Bertz CT molecular complexity index is 905. The van der Waals surface area contributed by atoms with E-state index < -0.39 is 49.1 Å². The Kier molecular flexibility index (Phi) is 7.96. The topological polar surface area (TPSA) is 72.5 Å². The number of alkyl halides is 5. The van der Waals surface area contributed by atoms with Crippen LogP contribution in [0.15, 0.2) is 42.5 Å². The quantitative estimate of drug-likeness (QED) is 0.441. The van der Waals surface area contributed by atoms with E-state index in [4.69, 9.17) is 17.3 Å². The number of benzene rings is 2. The summed E-state index contributed by atoms with van der Waals surface area (Å²) < 4.78 is 79.5. The van der Waals surface area contributed by atoms with Gasteiger partial charge in [-0.25, -0.2) is 9.18 Å². The van der Waals surface area contributed by atoms with Gasteiger partial charge in [-0.1, -0.05) is 35.9 Å². The van der Waals surface area contributed by atoms with Crippen LogP contribution in [-0.2, 0) is 16.0 Å². The highest BCUT2D eigenvalue weighted by molar-refractivity contribution is 6.30. The van der Waals surface area contributed by atoms with Crippen LogP contribution in [0.4, 0.5) is 26.3 Å². The first kappa shape index (κ1) is 25.0. The van der Waals surface area contributed by atoms with E-state index in [1.807, 2.05) is 0 Å². The van der Waals surface area contributed by atoms with Crippen molar-refractivity contribution in [2.24, 2.45) is 5.73 Å². The second kappa shape index (κ2) is 9.88. The molecule has 0 aromatic heterocycles. The van der Waals surface area contributed by atoms with E-state index in [2.05, 4.69) is 4.74 Å². The molecule has 2 atom stereocenters. The average Bonchev–Trinajstić information content (AvgIpc) is 2.67. The maximum atomic E-state index is 13.9. The second-order valence-electron chi connectivity index (χ2n) is 6.85. The molecule has 0 aliphatic rings. The average molecular weight is 470 g/mol. The van der Waals surface area contributed by atoms with Crippen molar-refractivity contribution in [3.63, 3.8) is 0 Å². The number of halogens is 7. The van der Waals surface area contributed by atoms with Crippen molar-refractivity contribution in [3.05, 3.63) is 58.9 Å². The molecule has 0 aliphatic heterocycles. The fourth-order valence-electron chi connectivity index (χ4n) is 2.65. The normalized spacial score (nSPS) is 14.2. The maximum Gasteiger partial charge on any atom is 0.456 e. The molecule has 31 heavy (non-hydrogen) atoms. The fourth-order valence-corrected chi connectivity index (χ4v) is 2.82. The van der Waals surface area contributed by atoms with Crippen LogP contribution in [0.2, 0.25) is 5.02 Å². The van der Waals surface area contributed by atoms with Gasteiger partial charge in [-0.2, -0.15) is 22.0 Å². The molecule has 2 rings (SSSR count). The summed E-state index contributed by atoms with van der Waals surface area (Å²) in [5.41, 5.74) is 7.31. The number of hydrogen-bond donors (Lipinski definition) is 2. The van der Waals surface area contributed by atoms with E-state index in [0.29, 0.717) is 16.1 Å². The predicted octanol–water partition coefficient (Wildman–Crippen LogP) is 4.51. The molecule has 0 bridgehead atoms. The van der Waals surface area contributed by atoms with Crippen molar-refractivity contribution < 1.29 is 41.0 Å². The third-order valence-electron chi connectivity index (χ3n) is 4.30. The summed E-state index contributed by atoms with van der Waals surface area (Å²) in [4.78, 5) is 11.5. The minimum atomic E-state index is -5.88. The number of carbonyl (C=O) groups excluding carboxylic acids is 1. The van der Waals surface area contributed by atoms with Gasteiger partial charge in [0, 0.05) is 16.6 Å². The van der Waals surface area contributed by atoms with Gasteiger partial charge >= 0.3 is 18.1 Å². The van der Waals surface area contributed by atoms with E-state index in [1.165, 1.54) is 18.2 Å². The van der Waals surface area contributed by atoms with Crippen molar-refractivity contribution in [2.75, 3.05) is 6.61 Å². The molecule has 0 amide bonds. The maximum absolute atomic E-state index is 13.9. The Morgan fingerprint density at radius 3 is 2.29 bits per heavy atom. The van der Waals surface area contributed by atoms with Crippen LogP contribution in [0.5, 0.6) is 0 Å². The van der Waals surface area contributed by atoms with Gasteiger partial charge in [0.2, 0.25) is 0 Å². The standard InChI is InChI=1S/C20H18ClF6NO3/c21-13-5-6-16(22)15(8-13)12-3-1-11(2-4-12)7-14(28)9-17(29)18(30)31-10-19(23,24)20(25,26)27/h1-6,8,14,17,29H,7,9-10,28H2/t14-,17-/m1/s1. The van der Waals surface area contributed by atoms with Crippen molar-refractivity contribution in [3.8, 4) is 11.1 Å². The third-order valence-corrected chi connectivity index (χ3v) is 4.53. The third kappa shape index (κ3) is 6.84. The van der Waals surface area contributed by atoms with Crippen molar-refractivity contribution in [1.82, 2.24) is 0 Å². The molecule has 0 radical (unpaired) electrons. The molecule has 4 nitrogen and oxygen atoms in total. The van der Waals surface area contributed by atoms with E-state index in [-0.39, 0.29) is 12.0 Å². The van der Waals surface area contributed by atoms with Gasteiger partial charge in [-0.05, 0) is 42.2 Å². The highest BCUT2D eigenvalue weighted by atomic mass is 35.5. The Balaban J connectivity index is 1.91. The molecule has 0 fully saturated rings. The lowest BCUT2D eigenvalue weighted by molar-refractivity contribution is -0.294. The summed E-state index contributed by atoms with van der Waals surface area (Å²) in [6, 6.07) is 9.75. The Hall–Kier alpha value is -2.30. The minimum Gasteiger partial charge on any atom is -0.457 e. The second-order valence-corrected chi connectivity index (χ2v) is 7.28. The summed E-state index contributed by atoms with van der Waals surface area (Å²) in [5.74, 6) is -7.33. The lowest BCUT2D eigenvalue weighted by atomic mass is 9.98. The number of nitrogens with two attached hydrogens (primary N) is 1. The SMILES string of the molecule is N[C@H](Cc1ccc(-c2cc(Cl)ccc2F)cc1)C[C@@H](O)C(=O)OCC(F)(F)C(F)(F)F. The molecular weight excluding hydrogens is 452 g/mol. The van der Waals surface area contributed by atoms with Crippen molar-refractivity contribution in [2.45, 2.75) is 37.1 Å². The van der Waals surface area contributed by atoms with Gasteiger partial charge in [-0.3, -0.25) is 0 Å². The van der Waals surface area contributed by atoms with Gasteiger partial charge in [0.1, 0.15) is 5.82 Å². The molecule has 0 unspecified atom stereocenters. The van der Waals surface area contributed by atoms with Crippen LogP contribution in [0.3, 0.4) is 0 Å². The van der Waals surface area contributed by atoms with Crippen LogP contribution in [0, 0.1) is 5.82 Å². The number of aliphatic hydroxyl groups is 1. The summed E-state index contributed by atoms with van der Waals surface area (Å²) in [6.45, 7) is -2.23. The molecule has 0 spiro atoms. The van der Waals surface area contributed by atoms with Crippen LogP contribution >= 0.6 is 11.6 Å². The first-order chi connectivity index (χ1) is 14.3. The zero-order valence-electron chi connectivity index (χ0n) is 15.8. The largest absolute Gasteiger partial charge is 0.457 e. The summed E-state index contributed by atoms with van der Waals surface area (Å²) in [7, 11) is 0. The van der Waals surface area contributed by atoms with Gasteiger partial charge in [0.25, 0.3) is 0 Å². The number of hydrogen-bond acceptors (Lipinski definition) is 4. The highest BCUT2D eigenvalue weighted by Crippen LogP contribution is 2.35. The van der Waals surface area contributed by atoms with Gasteiger partial charge in [0.05, 0.1) is 0 Å². The predicted molar refractivity (Wildman–Crippen MR) is 101 cm³/mol. The number of ether oxygens (including phenoxy) is 1. The van der Waals surface area contributed by atoms with Crippen LogP contribution in [0.1, 0.15) is 12.0 Å². The molecule has 11 heteroatoms.